The first kappa shape index (κ1) is 12.6. The minimum Gasteiger partial charge on any atom is -0.352 e. The lowest BCUT2D eigenvalue weighted by Gasteiger charge is -2.12. The number of benzene rings is 1. The summed E-state index contributed by atoms with van der Waals surface area (Å²) in [5, 5.41) is 5.72. The fourth-order valence-electron chi connectivity index (χ4n) is 1.43. The van der Waals surface area contributed by atoms with E-state index >= 15 is 0 Å². The summed E-state index contributed by atoms with van der Waals surface area (Å²) >= 11 is 0. The minimum atomic E-state index is -0.485. The van der Waals surface area contributed by atoms with Gasteiger partial charge < -0.3 is 10.6 Å². The van der Waals surface area contributed by atoms with Gasteiger partial charge in [0.1, 0.15) is 5.82 Å². The van der Waals surface area contributed by atoms with Gasteiger partial charge in [-0.05, 0) is 31.6 Å². The molecule has 1 aromatic rings. The van der Waals surface area contributed by atoms with Crippen LogP contribution in [-0.4, -0.2) is 26.0 Å². The number of carbonyl (C=O) groups is 1. The molecular formula is C12H17FN2O. The van der Waals surface area contributed by atoms with Crippen molar-refractivity contribution in [2.75, 3.05) is 20.1 Å². The van der Waals surface area contributed by atoms with Gasteiger partial charge in [0.05, 0.1) is 5.56 Å². The third-order valence-corrected chi connectivity index (χ3v) is 2.28. The van der Waals surface area contributed by atoms with Crippen LogP contribution in [0.5, 0.6) is 0 Å². The van der Waals surface area contributed by atoms with Gasteiger partial charge in [0.25, 0.3) is 5.91 Å². The lowest BCUT2D eigenvalue weighted by atomic mass is 10.1. The van der Waals surface area contributed by atoms with Crippen molar-refractivity contribution in [3.8, 4) is 0 Å². The van der Waals surface area contributed by atoms with E-state index < -0.39 is 5.82 Å². The maximum Gasteiger partial charge on any atom is 0.254 e. The molecule has 0 heterocycles. The van der Waals surface area contributed by atoms with Crippen molar-refractivity contribution in [2.24, 2.45) is 5.92 Å². The van der Waals surface area contributed by atoms with Crippen LogP contribution in [0.2, 0.25) is 0 Å². The maximum absolute atomic E-state index is 13.2. The molecule has 1 unspecified atom stereocenters. The Balaban J connectivity index is 2.50. The summed E-state index contributed by atoms with van der Waals surface area (Å²) in [5.41, 5.74) is 0.0964. The van der Waals surface area contributed by atoms with E-state index in [0.29, 0.717) is 12.5 Å². The zero-order valence-electron chi connectivity index (χ0n) is 9.59. The lowest BCUT2D eigenvalue weighted by Crippen LogP contribution is -2.32. The fourth-order valence-corrected chi connectivity index (χ4v) is 1.43. The maximum atomic E-state index is 13.2. The third-order valence-electron chi connectivity index (χ3n) is 2.28. The van der Waals surface area contributed by atoms with E-state index in [-0.39, 0.29) is 11.5 Å². The highest BCUT2D eigenvalue weighted by Gasteiger charge is 2.11. The van der Waals surface area contributed by atoms with E-state index in [2.05, 4.69) is 10.6 Å². The van der Waals surface area contributed by atoms with E-state index in [4.69, 9.17) is 0 Å². The van der Waals surface area contributed by atoms with Gasteiger partial charge in [0, 0.05) is 6.54 Å². The van der Waals surface area contributed by atoms with E-state index in [1.165, 1.54) is 12.1 Å². The van der Waals surface area contributed by atoms with Crippen molar-refractivity contribution in [1.29, 1.82) is 0 Å². The highest BCUT2D eigenvalue weighted by atomic mass is 19.1. The van der Waals surface area contributed by atoms with E-state index in [1.807, 2.05) is 14.0 Å². The average molecular weight is 224 g/mol. The summed E-state index contributed by atoms with van der Waals surface area (Å²) < 4.78 is 13.2. The largest absolute Gasteiger partial charge is 0.352 e. The molecule has 0 saturated heterocycles. The number of nitrogens with one attached hydrogen (secondary N) is 2. The molecule has 0 saturated carbocycles. The number of hydrogen-bond acceptors (Lipinski definition) is 2. The first-order valence-corrected chi connectivity index (χ1v) is 5.32. The molecule has 1 aromatic carbocycles. The standard InChI is InChI=1S/C12H17FN2O/c1-9(7-14-2)8-15-12(16)10-5-3-4-6-11(10)13/h3-6,9,14H,7-8H2,1-2H3,(H,15,16). The monoisotopic (exact) mass is 224 g/mol. The van der Waals surface area contributed by atoms with Crippen LogP contribution >= 0.6 is 0 Å². The van der Waals surface area contributed by atoms with Crippen LogP contribution in [0.4, 0.5) is 4.39 Å². The molecule has 3 nitrogen and oxygen atoms in total. The Labute approximate surface area is 95.0 Å². The predicted octanol–water partition coefficient (Wildman–Crippen LogP) is 1.41. The van der Waals surface area contributed by atoms with Crippen molar-refractivity contribution < 1.29 is 9.18 Å². The molecule has 0 fully saturated rings. The zero-order chi connectivity index (χ0) is 12.0. The van der Waals surface area contributed by atoms with Crippen molar-refractivity contribution in [1.82, 2.24) is 10.6 Å². The van der Waals surface area contributed by atoms with Crippen molar-refractivity contribution in [3.63, 3.8) is 0 Å². The SMILES string of the molecule is CNCC(C)CNC(=O)c1ccccc1F. The van der Waals surface area contributed by atoms with Gasteiger partial charge in [-0.2, -0.15) is 0 Å². The highest BCUT2D eigenvalue weighted by molar-refractivity contribution is 5.94. The molecule has 1 rings (SSSR count). The van der Waals surface area contributed by atoms with E-state index in [9.17, 15) is 9.18 Å². The highest BCUT2D eigenvalue weighted by Crippen LogP contribution is 2.05. The molecule has 0 aliphatic heterocycles. The second-order valence-electron chi connectivity index (χ2n) is 3.85. The summed E-state index contributed by atoms with van der Waals surface area (Å²) in [6.07, 6.45) is 0. The van der Waals surface area contributed by atoms with E-state index in [0.717, 1.165) is 6.54 Å². The van der Waals surface area contributed by atoms with Crippen molar-refractivity contribution >= 4 is 5.91 Å². The molecule has 16 heavy (non-hydrogen) atoms. The van der Waals surface area contributed by atoms with Crippen LogP contribution in [-0.2, 0) is 0 Å². The molecule has 1 atom stereocenters. The number of amides is 1. The Morgan fingerprint density at radius 2 is 2.06 bits per heavy atom. The lowest BCUT2D eigenvalue weighted by molar-refractivity contribution is 0.0944. The average Bonchev–Trinajstić information content (AvgIpc) is 2.27. The van der Waals surface area contributed by atoms with Crippen LogP contribution < -0.4 is 10.6 Å². The number of rotatable bonds is 5. The molecule has 1 amide bonds. The third kappa shape index (κ3) is 3.62. The van der Waals surface area contributed by atoms with E-state index in [1.54, 1.807) is 12.1 Å². The van der Waals surface area contributed by atoms with Crippen LogP contribution in [0.1, 0.15) is 17.3 Å². The van der Waals surface area contributed by atoms with Gasteiger partial charge in [0.15, 0.2) is 0 Å². The second-order valence-corrected chi connectivity index (χ2v) is 3.85. The summed E-state index contributed by atoms with van der Waals surface area (Å²) in [4.78, 5) is 11.6. The Morgan fingerprint density at radius 3 is 2.69 bits per heavy atom. The number of halogens is 1. The predicted molar refractivity (Wildman–Crippen MR) is 61.8 cm³/mol. The molecule has 0 aliphatic carbocycles. The van der Waals surface area contributed by atoms with Crippen molar-refractivity contribution in [3.05, 3.63) is 35.6 Å². The topological polar surface area (TPSA) is 41.1 Å². The van der Waals surface area contributed by atoms with Crippen LogP contribution in [0.25, 0.3) is 0 Å². The second kappa shape index (κ2) is 6.23. The Kier molecular flexibility index (Phi) is 4.92. The molecule has 88 valence electrons. The smallest absolute Gasteiger partial charge is 0.254 e. The van der Waals surface area contributed by atoms with Crippen LogP contribution in [0, 0.1) is 11.7 Å². The van der Waals surface area contributed by atoms with Gasteiger partial charge in [-0.25, -0.2) is 4.39 Å². The Bertz CT molecular complexity index is 355. The van der Waals surface area contributed by atoms with Crippen LogP contribution in [0.15, 0.2) is 24.3 Å². The first-order valence-electron chi connectivity index (χ1n) is 5.32. The molecule has 4 heteroatoms. The number of hydrogen-bond donors (Lipinski definition) is 2. The van der Waals surface area contributed by atoms with Crippen LogP contribution in [0.3, 0.4) is 0 Å². The normalized spacial score (nSPS) is 12.2. The van der Waals surface area contributed by atoms with Gasteiger partial charge in [-0.3, -0.25) is 4.79 Å². The molecule has 0 radical (unpaired) electrons. The molecular weight excluding hydrogens is 207 g/mol. The molecule has 0 spiro atoms. The molecule has 0 aromatic heterocycles. The summed E-state index contributed by atoms with van der Waals surface area (Å²) in [5.74, 6) is -0.525. The van der Waals surface area contributed by atoms with Gasteiger partial charge in [-0.15, -0.1) is 0 Å². The van der Waals surface area contributed by atoms with Gasteiger partial charge >= 0.3 is 0 Å². The van der Waals surface area contributed by atoms with Gasteiger partial charge in [0.2, 0.25) is 0 Å². The molecule has 0 bridgehead atoms. The molecule has 2 N–H and O–H groups in total. The zero-order valence-corrected chi connectivity index (χ0v) is 9.59. The summed E-state index contributed by atoms with van der Waals surface area (Å²) in [7, 11) is 1.86. The number of carbonyl (C=O) groups excluding carboxylic acids is 1. The summed E-state index contributed by atoms with van der Waals surface area (Å²) in [6, 6.07) is 5.98. The van der Waals surface area contributed by atoms with Gasteiger partial charge in [-0.1, -0.05) is 19.1 Å². The first-order chi connectivity index (χ1) is 7.65. The van der Waals surface area contributed by atoms with Crippen molar-refractivity contribution in [2.45, 2.75) is 6.92 Å². The summed E-state index contributed by atoms with van der Waals surface area (Å²) in [6.45, 7) is 3.36. The minimum absolute atomic E-state index is 0.0964. The fraction of sp³-hybridized carbons (Fsp3) is 0.417. The Hall–Kier alpha value is -1.42. The Morgan fingerprint density at radius 1 is 1.38 bits per heavy atom. The quantitative estimate of drug-likeness (QED) is 0.794. The molecule has 0 aliphatic rings.